The Hall–Kier alpha value is -1.35. The van der Waals surface area contributed by atoms with Crippen LogP contribution in [-0.2, 0) is 0 Å². The number of ketones is 1. The largest absolute Gasteiger partial charge is 0.297 e. The summed E-state index contributed by atoms with van der Waals surface area (Å²) in [6.45, 7) is 3.81. The normalized spacial score (nSPS) is 10.9. The van der Waals surface area contributed by atoms with Crippen molar-refractivity contribution in [2.45, 2.75) is 13.8 Å². The van der Waals surface area contributed by atoms with Crippen molar-refractivity contribution in [2.24, 2.45) is 0 Å². The van der Waals surface area contributed by atoms with Gasteiger partial charge in [0.15, 0.2) is 5.78 Å². The highest BCUT2D eigenvalue weighted by molar-refractivity contribution is 6.30. The number of hydrogen-bond acceptors (Lipinski definition) is 2. The van der Waals surface area contributed by atoms with Gasteiger partial charge >= 0.3 is 0 Å². The second-order valence-corrected chi connectivity index (χ2v) is 3.80. The number of alkyl halides is 1. The Bertz CT molecular complexity index is 531. The van der Waals surface area contributed by atoms with Crippen LogP contribution in [0.2, 0.25) is 0 Å². The number of Topliss-reactive ketones (excluding diaryl/α,β-unsaturated/α-hetero) is 1. The van der Waals surface area contributed by atoms with Crippen molar-refractivity contribution >= 4 is 23.0 Å². The minimum absolute atomic E-state index is 0.0114. The lowest BCUT2D eigenvalue weighted by atomic mass is 10.2. The lowest BCUT2D eigenvalue weighted by Crippen LogP contribution is -2.06. The number of aryl methyl sites for hydroxylation is 2. The van der Waals surface area contributed by atoms with Crippen LogP contribution in [-0.4, -0.2) is 21.0 Å². The van der Waals surface area contributed by atoms with Crippen molar-refractivity contribution in [1.29, 1.82) is 0 Å². The molecule has 0 bridgehead atoms. The average Bonchev–Trinajstić information content (AvgIpc) is 2.52. The zero-order valence-electron chi connectivity index (χ0n) is 8.62. The third kappa shape index (κ3) is 1.63. The molecule has 0 atom stereocenters. The van der Waals surface area contributed by atoms with E-state index in [2.05, 4.69) is 4.98 Å². The Morgan fingerprint density at radius 2 is 2.27 bits per heavy atom. The number of aromatic nitrogens is 2. The summed E-state index contributed by atoms with van der Waals surface area (Å²) in [5.41, 5.74) is 3.23. The van der Waals surface area contributed by atoms with E-state index in [4.69, 9.17) is 11.6 Å². The molecule has 2 rings (SSSR count). The van der Waals surface area contributed by atoms with Gasteiger partial charge in [0.25, 0.3) is 0 Å². The molecule has 3 nitrogen and oxygen atoms in total. The fourth-order valence-electron chi connectivity index (χ4n) is 1.66. The van der Waals surface area contributed by atoms with Gasteiger partial charge in [0, 0.05) is 6.20 Å². The van der Waals surface area contributed by atoms with Crippen molar-refractivity contribution in [3.8, 4) is 0 Å². The molecule has 4 heteroatoms. The summed E-state index contributed by atoms with van der Waals surface area (Å²) in [4.78, 5) is 15.9. The van der Waals surface area contributed by atoms with Crippen LogP contribution in [0.3, 0.4) is 0 Å². The predicted octanol–water partition coefficient (Wildman–Crippen LogP) is 2.37. The number of nitrogens with zero attached hydrogens (tertiary/aromatic N) is 2. The second kappa shape index (κ2) is 3.66. The number of hydrogen-bond donors (Lipinski definition) is 0. The summed E-state index contributed by atoms with van der Waals surface area (Å²) in [6.07, 6.45) is 1.85. The summed E-state index contributed by atoms with van der Waals surface area (Å²) < 4.78 is 1.78. The van der Waals surface area contributed by atoms with E-state index in [9.17, 15) is 4.79 Å². The van der Waals surface area contributed by atoms with E-state index in [1.165, 1.54) is 0 Å². The summed E-state index contributed by atoms with van der Waals surface area (Å²) in [7, 11) is 0. The third-order valence-corrected chi connectivity index (χ3v) is 2.58. The van der Waals surface area contributed by atoms with Crippen LogP contribution in [0.4, 0.5) is 0 Å². The SMILES string of the molecule is Cc1ccn2c(C(=O)CCl)c(C)nc2c1. The number of fused-ring (bicyclic) bond motifs is 1. The molecule has 2 heterocycles. The van der Waals surface area contributed by atoms with E-state index < -0.39 is 0 Å². The molecule has 0 radical (unpaired) electrons. The highest BCUT2D eigenvalue weighted by atomic mass is 35.5. The molecule has 0 saturated carbocycles. The number of carbonyl (C=O) groups is 1. The molecule has 0 aliphatic carbocycles. The van der Waals surface area contributed by atoms with E-state index >= 15 is 0 Å². The molecule has 0 fully saturated rings. The highest BCUT2D eigenvalue weighted by Gasteiger charge is 2.14. The topological polar surface area (TPSA) is 34.4 Å². The first-order chi connectivity index (χ1) is 7.13. The summed E-state index contributed by atoms with van der Waals surface area (Å²) in [5, 5.41) is 0. The molecule has 15 heavy (non-hydrogen) atoms. The Balaban J connectivity index is 2.73. The molecule has 2 aromatic heterocycles. The standard InChI is InChI=1S/C11H11ClN2O/c1-7-3-4-14-10(5-7)13-8(2)11(14)9(15)6-12/h3-5H,6H2,1-2H3. The molecule has 0 spiro atoms. The van der Waals surface area contributed by atoms with Crippen LogP contribution in [0.1, 0.15) is 21.7 Å². The van der Waals surface area contributed by atoms with Gasteiger partial charge in [-0.15, -0.1) is 11.6 Å². The number of halogens is 1. The quantitative estimate of drug-likeness (QED) is 0.578. The molecule has 0 unspecified atom stereocenters. The van der Waals surface area contributed by atoms with Gasteiger partial charge < -0.3 is 0 Å². The lowest BCUT2D eigenvalue weighted by Gasteiger charge is -1.99. The lowest BCUT2D eigenvalue weighted by molar-refractivity contribution is 0.101. The Labute approximate surface area is 92.7 Å². The molecule has 78 valence electrons. The number of rotatable bonds is 2. The first kappa shape index (κ1) is 10.2. The van der Waals surface area contributed by atoms with Gasteiger partial charge in [-0.3, -0.25) is 9.20 Å². The van der Waals surface area contributed by atoms with E-state index in [0.29, 0.717) is 5.69 Å². The highest BCUT2D eigenvalue weighted by Crippen LogP contribution is 2.14. The van der Waals surface area contributed by atoms with Crippen LogP contribution in [0.15, 0.2) is 18.3 Å². The summed E-state index contributed by atoms with van der Waals surface area (Å²) in [5.74, 6) is -0.104. The van der Waals surface area contributed by atoms with Gasteiger partial charge in [0.05, 0.1) is 11.6 Å². The third-order valence-electron chi connectivity index (χ3n) is 2.34. The van der Waals surface area contributed by atoms with Crippen molar-refractivity contribution in [1.82, 2.24) is 9.38 Å². The zero-order chi connectivity index (χ0) is 11.0. The second-order valence-electron chi connectivity index (χ2n) is 3.53. The molecule has 0 aliphatic heterocycles. The van der Waals surface area contributed by atoms with Crippen LogP contribution in [0.5, 0.6) is 0 Å². The van der Waals surface area contributed by atoms with E-state index in [1.54, 1.807) is 4.40 Å². The molecular weight excluding hydrogens is 212 g/mol. The monoisotopic (exact) mass is 222 g/mol. The van der Waals surface area contributed by atoms with E-state index in [1.807, 2.05) is 32.2 Å². The van der Waals surface area contributed by atoms with Gasteiger partial charge in [-0.25, -0.2) is 4.98 Å². The maximum atomic E-state index is 11.6. The first-order valence-electron chi connectivity index (χ1n) is 4.68. The van der Waals surface area contributed by atoms with Gasteiger partial charge in [0.1, 0.15) is 11.3 Å². The predicted molar refractivity (Wildman–Crippen MR) is 59.7 cm³/mol. The molecule has 0 aromatic carbocycles. The minimum Gasteiger partial charge on any atom is -0.297 e. The average molecular weight is 223 g/mol. The molecule has 0 aliphatic rings. The van der Waals surface area contributed by atoms with Gasteiger partial charge in [-0.05, 0) is 31.5 Å². The zero-order valence-corrected chi connectivity index (χ0v) is 9.38. The number of imidazole rings is 1. The summed E-state index contributed by atoms with van der Waals surface area (Å²) in [6, 6.07) is 3.89. The van der Waals surface area contributed by atoms with Gasteiger partial charge in [0.2, 0.25) is 0 Å². The van der Waals surface area contributed by atoms with Crippen LogP contribution < -0.4 is 0 Å². The van der Waals surface area contributed by atoms with Crippen molar-refractivity contribution in [2.75, 3.05) is 5.88 Å². The molecule has 0 amide bonds. The van der Waals surface area contributed by atoms with Crippen LogP contribution in [0.25, 0.3) is 5.65 Å². The molecular formula is C11H11ClN2O. The summed E-state index contributed by atoms with van der Waals surface area (Å²) >= 11 is 5.56. The number of pyridine rings is 1. The Kier molecular flexibility index (Phi) is 2.49. The molecule has 0 N–H and O–H groups in total. The Morgan fingerprint density at radius 1 is 1.53 bits per heavy atom. The molecule has 0 saturated heterocycles. The fourth-order valence-corrected chi connectivity index (χ4v) is 1.79. The van der Waals surface area contributed by atoms with Crippen molar-refractivity contribution in [3.05, 3.63) is 35.3 Å². The van der Waals surface area contributed by atoms with E-state index in [0.717, 1.165) is 16.9 Å². The molecule has 2 aromatic rings. The van der Waals surface area contributed by atoms with E-state index in [-0.39, 0.29) is 11.7 Å². The van der Waals surface area contributed by atoms with Gasteiger partial charge in [-0.2, -0.15) is 0 Å². The first-order valence-corrected chi connectivity index (χ1v) is 5.21. The van der Waals surface area contributed by atoms with Crippen LogP contribution >= 0.6 is 11.6 Å². The van der Waals surface area contributed by atoms with Crippen LogP contribution in [0, 0.1) is 13.8 Å². The Morgan fingerprint density at radius 3 is 2.93 bits per heavy atom. The maximum Gasteiger partial charge on any atom is 0.196 e. The maximum absolute atomic E-state index is 11.6. The van der Waals surface area contributed by atoms with Crippen molar-refractivity contribution in [3.63, 3.8) is 0 Å². The minimum atomic E-state index is -0.0921. The van der Waals surface area contributed by atoms with Crippen molar-refractivity contribution < 1.29 is 4.79 Å². The fraction of sp³-hybridized carbons (Fsp3) is 0.273. The van der Waals surface area contributed by atoms with Gasteiger partial charge in [-0.1, -0.05) is 0 Å². The smallest absolute Gasteiger partial charge is 0.196 e. The number of carbonyl (C=O) groups excluding carboxylic acids is 1.